The van der Waals surface area contributed by atoms with Gasteiger partial charge in [-0.25, -0.2) is 0 Å². The van der Waals surface area contributed by atoms with Gasteiger partial charge in [0.2, 0.25) is 11.8 Å². The summed E-state index contributed by atoms with van der Waals surface area (Å²) in [5.74, 6) is 1.20. The van der Waals surface area contributed by atoms with Crippen LogP contribution in [-0.2, 0) is 9.53 Å². The zero-order valence-corrected chi connectivity index (χ0v) is 21.3. The zero-order chi connectivity index (χ0) is 24.3. The number of carbonyl (C=O) groups excluding carboxylic acids is 1. The number of esters is 1. The van der Waals surface area contributed by atoms with E-state index in [2.05, 4.69) is 54.9 Å². The highest BCUT2D eigenvalue weighted by atomic mass is 16.5. The molecule has 1 aliphatic heterocycles. The van der Waals surface area contributed by atoms with Crippen LogP contribution in [0.3, 0.4) is 0 Å². The Hall–Kier alpha value is -2.76. The average Bonchev–Trinajstić information content (AvgIpc) is 2.85. The first-order valence-corrected chi connectivity index (χ1v) is 12.9. The molecule has 0 aliphatic carbocycles. The lowest BCUT2D eigenvalue weighted by Gasteiger charge is -2.33. The molecular formula is C28H40N2O4. The minimum Gasteiger partial charge on any atom is -0.478 e. The van der Waals surface area contributed by atoms with Crippen molar-refractivity contribution in [3.63, 3.8) is 0 Å². The third-order valence-corrected chi connectivity index (χ3v) is 6.28. The Morgan fingerprint density at radius 1 is 1.00 bits per heavy atom. The second-order valence-electron chi connectivity index (χ2n) is 8.92. The van der Waals surface area contributed by atoms with Crippen molar-refractivity contribution in [1.29, 1.82) is 0 Å². The smallest absolute Gasteiger partial charge is 0.309 e. The Morgan fingerprint density at radius 2 is 1.71 bits per heavy atom. The molecule has 0 amide bonds. The third kappa shape index (κ3) is 6.87. The predicted molar refractivity (Wildman–Crippen MR) is 137 cm³/mol. The lowest BCUT2D eigenvalue weighted by Crippen LogP contribution is -2.37. The third-order valence-electron chi connectivity index (χ3n) is 6.28. The number of carbonyl (C=O) groups is 1. The molecule has 0 saturated carbocycles. The summed E-state index contributed by atoms with van der Waals surface area (Å²) in [5.41, 5.74) is 4.48. The highest BCUT2D eigenvalue weighted by molar-refractivity contribution is 5.74. The van der Waals surface area contributed by atoms with E-state index in [9.17, 15) is 4.79 Å². The van der Waals surface area contributed by atoms with Crippen LogP contribution in [0.4, 0.5) is 5.69 Å². The van der Waals surface area contributed by atoms with Crippen LogP contribution < -0.4 is 14.4 Å². The minimum atomic E-state index is -0.0561. The zero-order valence-electron chi connectivity index (χ0n) is 21.3. The van der Waals surface area contributed by atoms with Crippen molar-refractivity contribution in [3.8, 4) is 22.9 Å². The lowest BCUT2D eigenvalue weighted by molar-refractivity contribution is -0.148. The number of benzene rings is 1. The molecule has 34 heavy (non-hydrogen) atoms. The highest BCUT2D eigenvalue weighted by Gasteiger charge is 2.26. The normalized spacial score (nSPS) is 14.2. The van der Waals surface area contributed by atoms with Crippen LogP contribution in [0, 0.1) is 12.8 Å². The Bertz CT molecular complexity index is 923. The maximum atomic E-state index is 12.1. The number of ether oxygens (including phenoxy) is 3. The molecule has 0 atom stereocenters. The fourth-order valence-electron chi connectivity index (χ4n) is 4.26. The van der Waals surface area contributed by atoms with Gasteiger partial charge < -0.3 is 19.1 Å². The Balaban J connectivity index is 1.75. The minimum absolute atomic E-state index is 0.0164. The van der Waals surface area contributed by atoms with Crippen LogP contribution in [0.1, 0.15) is 64.9 Å². The standard InChI is InChI=1S/C28H40N2O4/c1-5-8-18-33-26-13-11-24(27(29-26)34-19-9-6-2)23-10-12-25(21(4)20-23)30-16-14-22(15-17-30)28(31)32-7-3/h10-13,20,22H,5-9,14-19H2,1-4H3. The summed E-state index contributed by atoms with van der Waals surface area (Å²) in [5, 5.41) is 0. The summed E-state index contributed by atoms with van der Waals surface area (Å²) in [6.07, 6.45) is 5.82. The van der Waals surface area contributed by atoms with Crippen molar-refractivity contribution in [2.75, 3.05) is 37.8 Å². The van der Waals surface area contributed by atoms with E-state index in [0.29, 0.717) is 31.6 Å². The van der Waals surface area contributed by atoms with E-state index in [1.54, 1.807) is 0 Å². The summed E-state index contributed by atoms with van der Waals surface area (Å²) in [6.45, 7) is 11.8. The van der Waals surface area contributed by atoms with E-state index >= 15 is 0 Å². The van der Waals surface area contributed by atoms with Crippen LogP contribution in [0.2, 0.25) is 0 Å². The van der Waals surface area contributed by atoms with Crippen LogP contribution in [0.5, 0.6) is 11.8 Å². The molecule has 3 rings (SSSR count). The van der Waals surface area contributed by atoms with Crippen molar-refractivity contribution in [2.45, 2.75) is 66.2 Å². The number of rotatable bonds is 12. The topological polar surface area (TPSA) is 60.9 Å². The maximum Gasteiger partial charge on any atom is 0.309 e. The second kappa shape index (κ2) is 13.2. The van der Waals surface area contributed by atoms with Crippen molar-refractivity contribution >= 4 is 11.7 Å². The molecule has 1 aliphatic rings. The number of pyridine rings is 1. The lowest BCUT2D eigenvalue weighted by atomic mass is 9.95. The quantitative estimate of drug-likeness (QED) is 0.273. The molecule has 2 aromatic rings. The molecule has 1 aromatic carbocycles. The van der Waals surface area contributed by atoms with Gasteiger partial charge in [-0.2, -0.15) is 4.98 Å². The molecule has 1 aromatic heterocycles. The van der Waals surface area contributed by atoms with Crippen molar-refractivity contribution in [1.82, 2.24) is 4.98 Å². The first-order chi connectivity index (χ1) is 16.6. The predicted octanol–water partition coefficient (Wildman–Crippen LogP) is 6.19. The molecule has 1 saturated heterocycles. The van der Waals surface area contributed by atoms with E-state index in [0.717, 1.165) is 62.7 Å². The molecule has 0 spiro atoms. The molecule has 0 bridgehead atoms. The van der Waals surface area contributed by atoms with Gasteiger partial charge in [-0.1, -0.05) is 32.8 Å². The molecule has 6 heteroatoms. The Labute approximate surface area is 204 Å². The first-order valence-electron chi connectivity index (χ1n) is 12.9. The van der Waals surface area contributed by atoms with Crippen LogP contribution in [0.25, 0.3) is 11.1 Å². The van der Waals surface area contributed by atoms with Gasteiger partial charge in [0.25, 0.3) is 0 Å². The number of nitrogens with zero attached hydrogens (tertiary/aromatic N) is 2. The van der Waals surface area contributed by atoms with Gasteiger partial charge in [0.05, 0.1) is 25.7 Å². The van der Waals surface area contributed by atoms with Crippen molar-refractivity contribution in [3.05, 3.63) is 35.9 Å². The van der Waals surface area contributed by atoms with Crippen LogP contribution in [-0.4, -0.2) is 43.9 Å². The summed E-state index contributed by atoms with van der Waals surface area (Å²) in [4.78, 5) is 19.1. The van der Waals surface area contributed by atoms with E-state index in [1.807, 2.05) is 13.0 Å². The van der Waals surface area contributed by atoms with Crippen LogP contribution in [0.15, 0.2) is 30.3 Å². The number of piperidine rings is 1. The average molecular weight is 469 g/mol. The van der Waals surface area contributed by atoms with Gasteiger partial charge in [-0.15, -0.1) is 0 Å². The Kier molecular flexibility index (Phi) is 10.0. The van der Waals surface area contributed by atoms with Gasteiger partial charge in [0.1, 0.15) is 0 Å². The number of aromatic nitrogens is 1. The fraction of sp³-hybridized carbons (Fsp3) is 0.571. The molecule has 0 unspecified atom stereocenters. The maximum absolute atomic E-state index is 12.1. The second-order valence-corrected chi connectivity index (χ2v) is 8.92. The fourth-order valence-corrected chi connectivity index (χ4v) is 4.26. The molecule has 2 heterocycles. The van der Waals surface area contributed by atoms with Crippen molar-refractivity contribution in [2.24, 2.45) is 5.92 Å². The number of anilines is 1. The van der Waals surface area contributed by atoms with E-state index in [4.69, 9.17) is 14.2 Å². The van der Waals surface area contributed by atoms with Crippen LogP contribution >= 0.6 is 0 Å². The largest absolute Gasteiger partial charge is 0.478 e. The molecule has 186 valence electrons. The molecule has 0 N–H and O–H groups in total. The molecular weight excluding hydrogens is 428 g/mol. The monoisotopic (exact) mass is 468 g/mol. The van der Waals surface area contributed by atoms with Gasteiger partial charge in [0, 0.05) is 30.4 Å². The van der Waals surface area contributed by atoms with E-state index in [-0.39, 0.29) is 11.9 Å². The number of aryl methyl sites for hydroxylation is 1. The summed E-state index contributed by atoms with van der Waals surface area (Å²) < 4.78 is 17.1. The first kappa shape index (κ1) is 25.9. The SMILES string of the molecule is CCCCOc1ccc(-c2ccc(N3CCC(C(=O)OCC)CC3)c(C)c2)c(OCCCC)n1. The number of hydrogen-bond acceptors (Lipinski definition) is 6. The molecule has 1 fully saturated rings. The van der Waals surface area contributed by atoms with E-state index < -0.39 is 0 Å². The molecule has 6 nitrogen and oxygen atoms in total. The van der Waals surface area contributed by atoms with Gasteiger partial charge >= 0.3 is 5.97 Å². The van der Waals surface area contributed by atoms with Gasteiger partial charge in [0.15, 0.2) is 0 Å². The number of hydrogen-bond donors (Lipinski definition) is 0. The summed E-state index contributed by atoms with van der Waals surface area (Å²) >= 11 is 0. The highest BCUT2D eigenvalue weighted by Crippen LogP contribution is 2.35. The van der Waals surface area contributed by atoms with Crippen molar-refractivity contribution < 1.29 is 19.0 Å². The summed E-state index contributed by atoms with van der Waals surface area (Å²) in [7, 11) is 0. The van der Waals surface area contributed by atoms with Gasteiger partial charge in [-0.3, -0.25) is 4.79 Å². The summed E-state index contributed by atoms with van der Waals surface area (Å²) in [6, 6.07) is 10.5. The molecule has 0 radical (unpaired) electrons. The van der Waals surface area contributed by atoms with E-state index in [1.165, 1.54) is 11.3 Å². The van der Waals surface area contributed by atoms with Gasteiger partial charge in [-0.05, 0) is 68.9 Å². The number of unbranched alkanes of at least 4 members (excludes halogenated alkanes) is 2. The Morgan fingerprint density at radius 3 is 2.35 bits per heavy atom.